The molecule has 0 aliphatic rings. The first kappa shape index (κ1) is 11.9. The van der Waals surface area contributed by atoms with Gasteiger partial charge in [-0.1, -0.05) is 19.9 Å². The van der Waals surface area contributed by atoms with Crippen LogP contribution in [0.25, 0.3) is 0 Å². The van der Waals surface area contributed by atoms with Crippen molar-refractivity contribution in [1.29, 1.82) is 0 Å². The molecule has 1 heterocycles. The van der Waals surface area contributed by atoms with Crippen LogP contribution in [0.1, 0.15) is 25.6 Å². The minimum Gasteiger partial charge on any atom is -0.424 e. The number of halogens is 2. The molecule has 17 heavy (non-hydrogen) atoms. The van der Waals surface area contributed by atoms with E-state index in [1.807, 2.05) is 13.8 Å². The third-order valence-corrected chi connectivity index (χ3v) is 2.66. The fourth-order valence-electron chi connectivity index (χ4n) is 1.16. The normalized spacial score (nSPS) is 10.9. The topological polar surface area (TPSA) is 35.0 Å². The van der Waals surface area contributed by atoms with Gasteiger partial charge in [0.05, 0.1) is 0 Å². The van der Waals surface area contributed by atoms with Gasteiger partial charge in [0.15, 0.2) is 11.6 Å². The third kappa shape index (κ3) is 2.58. The molecule has 3 nitrogen and oxygen atoms in total. The van der Waals surface area contributed by atoms with E-state index in [0.29, 0.717) is 5.82 Å². The number of ether oxygens (including phenoxy) is 1. The van der Waals surface area contributed by atoms with Crippen LogP contribution >= 0.6 is 11.5 Å². The summed E-state index contributed by atoms with van der Waals surface area (Å²) in [5, 5.41) is 0.137. The summed E-state index contributed by atoms with van der Waals surface area (Å²) in [6, 6.07) is 3.53. The first-order valence-electron chi connectivity index (χ1n) is 5.03. The summed E-state index contributed by atoms with van der Waals surface area (Å²) in [6.07, 6.45) is 0. The van der Waals surface area contributed by atoms with Crippen LogP contribution in [0.2, 0.25) is 0 Å². The number of nitrogens with zero attached hydrogens (tertiary/aromatic N) is 2. The lowest BCUT2D eigenvalue weighted by molar-refractivity contribution is 0.404. The van der Waals surface area contributed by atoms with E-state index in [0.717, 1.165) is 23.7 Å². The monoisotopic (exact) mass is 256 g/mol. The molecule has 0 fully saturated rings. The van der Waals surface area contributed by atoms with Crippen molar-refractivity contribution in [2.45, 2.75) is 19.8 Å². The van der Waals surface area contributed by atoms with E-state index in [9.17, 15) is 8.78 Å². The zero-order chi connectivity index (χ0) is 12.4. The van der Waals surface area contributed by atoms with Crippen molar-refractivity contribution in [3.8, 4) is 10.9 Å². The van der Waals surface area contributed by atoms with Crippen LogP contribution in [0.3, 0.4) is 0 Å². The van der Waals surface area contributed by atoms with Gasteiger partial charge >= 0.3 is 0 Å². The second kappa shape index (κ2) is 4.75. The summed E-state index contributed by atoms with van der Waals surface area (Å²) < 4.78 is 35.7. The van der Waals surface area contributed by atoms with Gasteiger partial charge in [0, 0.05) is 17.5 Å². The van der Waals surface area contributed by atoms with Crippen LogP contribution in [0, 0.1) is 11.6 Å². The number of benzene rings is 1. The van der Waals surface area contributed by atoms with Crippen molar-refractivity contribution in [2.24, 2.45) is 0 Å². The Labute approximate surface area is 101 Å². The summed E-state index contributed by atoms with van der Waals surface area (Å²) in [5.41, 5.74) is 0. The predicted molar refractivity (Wildman–Crippen MR) is 60.4 cm³/mol. The van der Waals surface area contributed by atoms with Gasteiger partial charge in [-0.15, -0.1) is 0 Å². The molecule has 2 aromatic rings. The van der Waals surface area contributed by atoms with Gasteiger partial charge in [0.25, 0.3) is 5.19 Å². The number of para-hydroxylation sites is 1. The molecule has 0 unspecified atom stereocenters. The van der Waals surface area contributed by atoms with E-state index < -0.39 is 17.4 Å². The van der Waals surface area contributed by atoms with Gasteiger partial charge < -0.3 is 4.74 Å². The highest BCUT2D eigenvalue weighted by atomic mass is 32.1. The quantitative estimate of drug-likeness (QED) is 0.839. The highest BCUT2D eigenvalue weighted by molar-refractivity contribution is 7.07. The summed E-state index contributed by atoms with van der Waals surface area (Å²) in [7, 11) is 0. The fourth-order valence-corrected chi connectivity index (χ4v) is 1.84. The summed E-state index contributed by atoms with van der Waals surface area (Å²) >= 11 is 0.973. The van der Waals surface area contributed by atoms with Gasteiger partial charge in [-0.05, 0) is 12.1 Å². The second-order valence-electron chi connectivity index (χ2n) is 3.73. The van der Waals surface area contributed by atoms with E-state index in [1.54, 1.807) is 0 Å². The zero-order valence-electron chi connectivity index (χ0n) is 9.28. The van der Waals surface area contributed by atoms with Crippen LogP contribution < -0.4 is 4.74 Å². The maximum absolute atomic E-state index is 13.3. The molecule has 1 aromatic heterocycles. The lowest BCUT2D eigenvalue weighted by Crippen LogP contribution is -1.93. The van der Waals surface area contributed by atoms with Crippen LogP contribution in [0.4, 0.5) is 8.78 Å². The predicted octanol–water partition coefficient (Wildman–Crippen LogP) is 3.73. The van der Waals surface area contributed by atoms with Gasteiger partial charge in [-0.2, -0.15) is 9.36 Å². The smallest absolute Gasteiger partial charge is 0.298 e. The molecule has 2 rings (SSSR count). The van der Waals surface area contributed by atoms with E-state index in [-0.39, 0.29) is 11.1 Å². The van der Waals surface area contributed by atoms with Crippen molar-refractivity contribution in [1.82, 2.24) is 9.36 Å². The zero-order valence-corrected chi connectivity index (χ0v) is 10.1. The molecule has 0 bridgehead atoms. The van der Waals surface area contributed by atoms with Gasteiger partial charge in [0.1, 0.15) is 5.82 Å². The van der Waals surface area contributed by atoms with Gasteiger partial charge in [-0.3, -0.25) is 0 Å². The van der Waals surface area contributed by atoms with Crippen molar-refractivity contribution < 1.29 is 13.5 Å². The van der Waals surface area contributed by atoms with Crippen molar-refractivity contribution in [3.05, 3.63) is 35.7 Å². The Morgan fingerprint density at radius 2 is 1.88 bits per heavy atom. The highest BCUT2D eigenvalue weighted by Crippen LogP contribution is 2.29. The fraction of sp³-hybridized carbons (Fsp3) is 0.273. The van der Waals surface area contributed by atoms with Crippen LogP contribution in [0.5, 0.6) is 10.9 Å². The van der Waals surface area contributed by atoms with Crippen LogP contribution in [-0.2, 0) is 0 Å². The summed E-state index contributed by atoms with van der Waals surface area (Å²) in [6.45, 7) is 3.85. The molecule has 0 amide bonds. The van der Waals surface area contributed by atoms with E-state index in [1.165, 1.54) is 6.07 Å². The molecule has 0 aliphatic heterocycles. The SMILES string of the molecule is CC(C)c1nsc(Oc2c(F)cccc2F)n1. The molecule has 0 N–H and O–H groups in total. The maximum atomic E-state index is 13.3. The minimum atomic E-state index is -0.758. The molecular weight excluding hydrogens is 246 g/mol. The van der Waals surface area contributed by atoms with Crippen molar-refractivity contribution in [2.75, 3.05) is 0 Å². The molecule has 0 saturated heterocycles. The maximum Gasteiger partial charge on any atom is 0.298 e. The molecule has 0 atom stereocenters. The van der Waals surface area contributed by atoms with E-state index >= 15 is 0 Å². The largest absolute Gasteiger partial charge is 0.424 e. The second-order valence-corrected chi connectivity index (χ2v) is 4.44. The van der Waals surface area contributed by atoms with E-state index in [2.05, 4.69) is 9.36 Å². The Kier molecular flexibility index (Phi) is 3.33. The van der Waals surface area contributed by atoms with Gasteiger partial charge in [-0.25, -0.2) is 8.78 Å². The Bertz CT molecular complexity index is 508. The molecule has 90 valence electrons. The molecule has 1 aromatic carbocycles. The number of aromatic nitrogens is 2. The Balaban J connectivity index is 2.25. The Morgan fingerprint density at radius 1 is 1.24 bits per heavy atom. The first-order chi connectivity index (χ1) is 8.08. The van der Waals surface area contributed by atoms with Gasteiger partial charge in [0.2, 0.25) is 5.75 Å². The molecule has 0 aliphatic carbocycles. The molecular formula is C11H10F2N2OS. The molecule has 0 spiro atoms. The Morgan fingerprint density at radius 3 is 2.41 bits per heavy atom. The number of hydrogen-bond acceptors (Lipinski definition) is 4. The average molecular weight is 256 g/mol. The molecule has 0 radical (unpaired) electrons. The summed E-state index contributed by atoms with van der Waals surface area (Å²) in [5.74, 6) is -1.22. The Hall–Kier alpha value is -1.56. The van der Waals surface area contributed by atoms with Crippen molar-refractivity contribution in [3.63, 3.8) is 0 Å². The highest BCUT2D eigenvalue weighted by Gasteiger charge is 2.14. The number of hydrogen-bond donors (Lipinski definition) is 0. The summed E-state index contributed by atoms with van der Waals surface area (Å²) in [4.78, 5) is 4.04. The average Bonchev–Trinajstić information content (AvgIpc) is 2.72. The minimum absolute atomic E-state index is 0.137. The first-order valence-corrected chi connectivity index (χ1v) is 5.80. The third-order valence-electron chi connectivity index (χ3n) is 2.05. The van der Waals surface area contributed by atoms with E-state index in [4.69, 9.17) is 4.74 Å². The molecule has 0 saturated carbocycles. The standard InChI is InChI=1S/C11H10F2N2OS/c1-6(2)10-14-11(17-15-10)16-9-7(12)4-3-5-8(9)13/h3-6H,1-2H3. The van der Waals surface area contributed by atoms with Crippen molar-refractivity contribution >= 4 is 11.5 Å². The van der Waals surface area contributed by atoms with Crippen LogP contribution in [-0.4, -0.2) is 9.36 Å². The number of rotatable bonds is 3. The lowest BCUT2D eigenvalue weighted by Gasteiger charge is -2.03. The van der Waals surface area contributed by atoms with Crippen LogP contribution in [0.15, 0.2) is 18.2 Å². The lowest BCUT2D eigenvalue weighted by atomic mass is 10.2. The molecule has 6 heteroatoms.